The molecule has 0 spiro atoms. The molecule has 17 heavy (non-hydrogen) atoms. The Balaban J connectivity index is 2.53. The molecule has 0 aliphatic heterocycles. The van der Waals surface area contributed by atoms with Gasteiger partial charge in [-0.3, -0.25) is 9.69 Å². The lowest BCUT2D eigenvalue weighted by Gasteiger charge is -2.20. The van der Waals surface area contributed by atoms with Crippen LogP contribution in [0.4, 0.5) is 0 Å². The van der Waals surface area contributed by atoms with E-state index in [1.807, 2.05) is 19.0 Å². The maximum absolute atomic E-state index is 10.7. The van der Waals surface area contributed by atoms with E-state index in [2.05, 4.69) is 10.2 Å². The Morgan fingerprint density at radius 2 is 2.06 bits per heavy atom. The van der Waals surface area contributed by atoms with Crippen LogP contribution in [-0.2, 0) is 11.3 Å². The number of carboxylic acid groups (broad SMARTS) is 1. The molecule has 0 bridgehead atoms. The van der Waals surface area contributed by atoms with E-state index in [9.17, 15) is 4.79 Å². The Kier molecular flexibility index (Phi) is 5.05. The number of nitrogens with zero attached hydrogens (tertiary/aromatic N) is 4. The molecule has 1 rings (SSSR count). The minimum absolute atomic E-state index is 0.0325. The highest BCUT2D eigenvalue weighted by Crippen LogP contribution is 2.03. The van der Waals surface area contributed by atoms with E-state index in [4.69, 9.17) is 9.52 Å². The summed E-state index contributed by atoms with van der Waals surface area (Å²) in [6, 6.07) is 0. The zero-order chi connectivity index (χ0) is 12.8. The van der Waals surface area contributed by atoms with Crippen molar-refractivity contribution in [2.75, 3.05) is 33.7 Å². The van der Waals surface area contributed by atoms with Gasteiger partial charge in [-0.05, 0) is 14.1 Å². The molecule has 1 aromatic rings. The van der Waals surface area contributed by atoms with Crippen LogP contribution in [0.2, 0.25) is 0 Å². The third kappa shape index (κ3) is 5.41. The lowest BCUT2D eigenvalue weighted by molar-refractivity contribution is -0.138. The molecule has 7 nitrogen and oxygen atoms in total. The SMILES string of the molecule is Cc1nnc(CN(CCN(C)C)CC(=O)O)o1. The van der Waals surface area contributed by atoms with Crippen LogP contribution in [0, 0.1) is 6.92 Å². The van der Waals surface area contributed by atoms with Gasteiger partial charge < -0.3 is 14.4 Å². The molecule has 0 saturated carbocycles. The average molecular weight is 242 g/mol. The largest absolute Gasteiger partial charge is 0.480 e. The third-order valence-electron chi connectivity index (χ3n) is 2.15. The first-order chi connectivity index (χ1) is 7.97. The fourth-order valence-corrected chi connectivity index (χ4v) is 1.34. The molecule has 1 heterocycles. The second kappa shape index (κ2) is 6.31. The standard InChI is InChI=1S/C10H18N4O3/c1-8-11-12-9(17-8)6-14(7-10(15)16)5-4-13(2)3/h4-7H2,1-3H3,(H,15,16). The number of aliphatic carboxylic acids is 1. The van der Waals surface area contributed by atoms with Gasteiger partial charge in [-0.1, -0.05) is 0 Å². The molecular weight excluding hydrogens is 224 g/mol. The van der Waals surface area contributed by atoms with Crippen molar-refractivity contribution in [3.8, 4) is 0 Å². The lowest BCUT2D eigenvalue weighted by atomic mass is 10.4. The Morgan fingerprint density at radius 1 is 1.35 bits per heavy atom. The molecule has 0 aromatic carbocycles. The summed E-state index contributed by atoms with van der Waals surface area (Å²) in [5, 5.41) is 16.4. The predicted molar refractivity (Wildman–Crippen MR) is 60.5 cm³/mol. The zero-order valence-corrected chi connectivity index (χ0v) is 10.4. The molecule has 1 aromatic heterocycles. The molecule has 1 N–H and O–H groups in total. The highest BCUT2D eigenvalue weighted by Gasteiger charge is 2.13. The van der Waals surface area contributed by atoms with Gasteiger partial charge in [0.25, 0.3) is 0 Å². The normalized spacial score (nSPS) is 11.4. The van der Waals surface area contributed by atoms with E-state index in [1.54, 1.807) is 11.8 Å². The van der Waals surface area contributed by atoms with Gasteiger partial charge in [-0.15, -0.1) is 10.2 Å². The van der Waals surface area contributed by atoms with Crippen LogP contribution < -0.4 is 0 Å². The van der Waals surface area contributed by atoms with Gasteiger partial charge in [0, 0.05) is 20.0 Å². The van der Waals surface area contributed by atoms with Crippen molar-refractivity contribution in [1.82, 2.24) is 20.0 Å². The van der Waals surface area contributed by atoms with Gasteiger partial charge in [0.15, 0.2) is 0 Å². The maximum atomic E-state index is 10.7. The first kappa shape index (κ1) is 13.6. The Labute approximate surface area is 100 Å². The summed E-state index contributed by atoms with van der Waals surface area (Å²) >= 11 is 0. The van der Waals surface area contributed by atoms with Gasteiger partial charge in [0.2, 0.25) is 11.8 Å². The molecule has 0 aliphatic rings. The van der Waals surface area contributed by atoms with Crippen LogP contribution in [0.25, 0.3) is 0 Å². The summed E-state index contributed by atoms with van der Waals surface area (Å²) in [6.07, 6.45) is 0. The number of aromatic nitrogens is 2. The van der Waals surface area contributed by atoms with Crippen LogP contribution in [-0.4, -0.2) is 64.8 Å². The van der Waals surface area contributed by atoms with Crippen LogP contribution in [0.5, 0.6) is 0 Å². The van der Waals surface area contributed by atoms with Crippen molar-refractivity contribution in [2.24, 2.45) is 0 Å². The number of carbonyl (C=O) groups is 1. The summed E-state index contributed by atoms with van der Waals surface area (Å²) in [4.78, 5) is 14.5. The maximum Gasteiger partial charge on any atom is 0.317 e. The van der Waals surface area contributed by atoms with Gasteiger partial charge in [0.1, 0.15) is 0 Å². The van der Waals surface area contributed by atoms with E-state index in [0.29, 0.717) is 24.9 Å². The summed E-state index contributed by atoms with van der Waals surface area (Å²) in [5.74, 6) is 0.0744. The smallest absolute Gasteiger partial charge is 0.317 e. The zero-order valence-electron chi connectivity index (χ0n) is 10.4. The van der Waals surface area contributed by atoms with Gasteiger partial charge in [-0.25, -0.2) is 0 Å². The molecule has 0 unspecified atom stereocenters. The second-order valence-corrected chi connectivity index (χ2v) is 4.12. The molecular formula is C10H18N4O3. The van der Waals surface area contributed by atoms with Gasteiger partial charge in [0.05, 0.1) is 13.1 Å². The molecule has 0 saturated heterocycles. The van der Waals surface area contributed by atoms with Crippen molar-refractivity contribution < 1.29 is 14.3 Å². The number of hydrogen-bond acceptors (Lipinski definition) is 6. The Morgan fingerprint density at radius 3 is 2.53 bits per heavy atom. The van der Waals surface area contributed by atoms with E-state index >= 15 is 0 Å². The van der Waals surface area contributed by atoms with Crippen molar-refractivity contribution in [1.29, 1.82) is 0 Å². The predicted octanol–water partition coefficient (Wildman–Crippen LogP) is -0.174. The Bertz CT molecular complexity index is 364. The number of rotatable bonds is 7. The van der Waals surface area contributed by atoms with Crippen LogP contribution in [0.15, 0.2) is 4.42 Å². The first-order valence-corrected chi connectivity index (χ1v) is 5.35. The van der Waals surface area contributed by atoms with Crippen molar-refractivity contribution in [3.05, 3.63) is 11.8 Å². The minimum atomic E-state index is -0.861. The van der Waals surface area contributed by atoms with E-state index in [0.717, 1.165) is 6.54 Å². The molecule has 0 aliphatic carbocycles. The van der Waals surface area contributed by atoms with E-state index in [-0.39, 0.29) is 6.54 Å². The minimum Gasteiger partial charge on any atom is -0.480 e. The summed E-state index contributed by atoms with van der Waals surface area (Å²) in [7, 11) is 3.88. The van der Waals surface area contributed by atoms with E-state index in [1.165, 1.54) is 0 Å². The average Bonchev–Trinajstić information content (AvgIpc) is 2.59. The monoisotopic (exact) mass is 242 g/mol. The number of carboxylic acids is 1. The molecule has 0 radical (unpaired) electrons. The molecule has 0 amide bonds. The van der Waals surface area contributed by atoms with Gasteiger partial charge >= 0.3 is 5.97 Å². The summed E-state index contributed by atoms with van der Waals surface area (Å²) in [5.41, 5.74) is 0. The van der Waals surface area contributed by atoms with Crippen molar-refractivity contribution >= 4 is 5.97 Å². The van der Waals surface area contributed by atoms with Crippen molar-refractivity contribution in [3.63, 3.8) is 0 Å². The van der Waals surface area contributed by atoms with Gasteiger partial charge in [-0.2, -0.15) is 0 Å². The highest BCUT2D eigenvalue weighted by molar-refractivity contribution is 5.69. The topological polar surface area (TPSA) is 82.7 Å². The quantitative estimate of drug-likeness (QED) is 0.710. The molecule has 0 atom stereocenters. The summed E-state index contributed by atoms with van der Waals surface area (Å²) < 4.78 is 5.23. The first-order valence-electron chi connectivity index (χ1n) is 5.35. The summed E-state index contributed by atoms with van der Waals surface area (Å²) in [6.45, 7) is 3.45. The number of likely N-dealkylation sites (N-methyl/N-ethyl adjacent to an activating group) is 1. The Hall–Kier alpha value is -1.47. The van der Waals surface area contributed by atoms with Crippen LogP contribution in [0.3, 0.4) is 0 Å². The lowest BCUT2D eigenvalue weighted by Crippen LogP contribution is -2.35. The number of aryl methyl sites for hydroxylation is 1. The third-order valence-corrected chi connectivity index (χ3v) is 2.15. The van der Waals surface area contributed by atoms with Crippen LogP contribution >= 0.6 is 0 Å². The fraction of sp³-hybridized carbons (Fsp3) is 0.700. The van der Waals surface area contributed by atoms with Crippen molar-refractivity contribution in [2.45, 2.75) is 13.5 Å². The van der Waals surface area contributed by atoms with Crippen LogP contribution in [0.1, 0.15) is 11.8 Å². The fourth-order valence-electron chi connectivity index (χ4n) is 1.34. The van der Waals surface area contributed by atoms with E-state index < -0.39 is 5.97 Å². The highest BCUT2D eigenvalue weighted by atomic mass is 16.4. The molecule has 0 fully saturated rings. The number of hydrogen-bond donors (Lipinski definition) is 1. The molecule has 7 heteroatoms. The molecule has 96 valence electrons. The second-order valence-electron chi connectivity index (χ2n) is 4.12.